The molecule has 1 heterocycles. The van der Waals surface area contributed by atoms with E-state index in [2.05, 4.69) is 17.4 Å². The molecule has 0 spiro atoms. The molecule has 1 aliphatic heterocycles. The molecule has 0 radical (unpaired) electrons. The zero-order valence-corrected chi connectivity index (χ0v) is 12.5. The summed E-state index contributed by atoms with van der Waals surface area (Å²) in [5, 5.41) is 13.5. The fraction of sp³-hybridized carbons (Fsp3) is 0.600. The minimum Gasteiger partial charge on any atom is -0.491 e. The molecule has 4 heteroatoms. The van der Waals surface area contributed by atoms with Gasteiger partial charge in [0.05, 0.1) is 11.7 Å². The number of nitrogens with one attached hydrogen (secondary N) is 1. The fourth-order valence-electron chi connectivity index (χ4n) is 2.13. The van der Waals surface area contributed by atoms with Crippen LogP contribution in [0.4, 0.5) is 0 Å². The zero-order chi connectivity index (χ0) is 13.7. The number of ether oxygens (including phenoxy) is 1. The number of aliphatic hydroxyl groups is 1. The second-order valence-electron chi connectivity index (χ2n) is 5.44. The van der Waals surface area contributed by atoms with Gasteiger partial charge in [-0.25, -0.2) is 0 Å². The second kappa shape index (κ2) is 6.64. The van der Waals surface area contributed by atoms with Crippen molar-refractivity contribution in [3.8, 4) is 5.75 Å². The van der Waals surface area contributed by atoms with E-state index in [1.807, 2.05) is 37.7 Å². The summed E-state index contributed by atoms with van der Waals surface area (Å²) in [5.41, 5.74) is 0.705. The van der Waals surface area contributed by atoms with Gasteiger partial charge in [-0.05, 0) is 43.7 Å². The molecule has 1 fully saturated rings. The van der Waals surface area contributed by atoms with Crippen molar-refractivity contribution >= 4 is 11.8 Å². The van der Waals surface area contributed by atoms with Gasteiger partial charge in [-0.1, -0.05) is 12.1 Å². The van der Waals surface area contributed by atoms with E-state index in [1.165, 1.54) is 5.56 Å². The Morgan fingerprint density at radius 2 is 2.11 bits per heavy atom. The van der Waals surface area contributed by atoms with Crippen molar-refractivity contribution in [3.05, 3.63) is 29.8 Å². The standard InChI is InChI=1S/C15H23NO2S/c1-12(2)18-14-5-3-13(4-6-14)9-16-10-15(17)7-8-19-11-15/h3-6,12,16-17H,7-11H2,1-2H3. The third-order valence-corrected chi connectivity index (χ3v) is 4.40. The lowest BCUT2D eigenvalue weighted by Gasteiger charge is -2.21. The molecule has 3 nitrogen and oxygen atoms in total. The molecular weight excluding hydrogens is 258 g/mol. The first-order valence-electron chi connectivity index (χ1n) is 6.84. The summed E-state index contributed by atoms with van der Waals surface area (Å²) in [7, 11) is 0. The summed E-state index contributed by atoms with van der Waals surface area (Å²) in [6.45, 7) is 5.50. The Hall–Kier alpha value is -0.710. The third kappa shape index (κ3) is 4.71. The van der Waals surface area contributed by atoms with Crippen molar-refractivity contribution in [3.63, 3.8) is 0 Å². The predicted octanol–water partition coefficient (Wildman–Crippen LogP) is 2.43. The molecule has 1 aromatic carbocycles. The van der Waals surface area contributed by atoms with Crippen LogP contribution in [0.3, 0.4) is 0 Å². The Balaban J connectivity index is 1.76. The van der Waals surface area contributed by atoms with Crippen LogP contribution in [0.5, 0.6) is 5.75 Å². The first-order chi connectivity index (χ1) is 9.07. The largest absolute Gasteiger partial charge is 0.491 e. The van der Waals surface area contributed by atoms with Crippen LogP contribution in [0, 0.1) is 0 Å². The first-order valence-corrected chi connectivity index (χ1v) is 7.99. The highest BCUT2D eigenvalue weighted by atomic mass is 32.2. The number of thioether (sulfide) groups is 1. The van der Waals surface area contributed by atoms with E-state index in [9.17, 15) is 5.11 Å². The Bertz CT molecular complexity index is 386. The summed E-state index contributed by atoms with van der Waals surface area (Å²) >= 11 is 1.83. The van der Waals surface area contributed by atoms with Gasteiger partial charge in [0.2, 0.25) is 0 Å². The molecule has 19 heavy (non-hydrogen) atoms. The van der Waals surface area contributed by atoms with E-state index in [1.54, 1.807) is 0 Å². The highest BCUT2D eigenvalue weighted by molar-refractivity contribution is 7.99. The number of benzene rings is 1. The zero-order valence-electron chi connectivity index (χ0n) is 11.7. The van der Waals surface area contributed by atoms with Gasteiger partial charge in [0.1, 0.15) is 5.75 Å². The SMILES string of the molecule is CC(C)Oc1ccc(CNCC2(O)CCSC2)cc1. The van der Waals surface area contributed by atoms with Crippen molar-refractivity contribution in [2.24, 2.45) is 0 Å². The van der Waals surface area contributed by atoms with Crippen molar-refractivity contribution in [1.82, 2.24) is 5.32 Å². The highest BCUT2D eigenvalue weighted by Crippen LogP contribution is 2.27. The van der Waals surface area contributed by atoms with E-state index in [0.717, 1.165) is 30.2 Å². The Morgan fingerprint density at radius 1 is 1.37 bits per heavy atom. The lowest BCUT2D eigenvalue weighted by Crippen LogP contribution is -2.40. The summed E-state index contributed by atoms with van der Waals surface area (Å²) < 4.78 is 5.61. The van der Waals surface area contributed by atoms with Crippen molar-refractivity contribution < 1.29 is 9.84 Å². The van der Waals surface area contributed by atoms with Crippen molar-refractivity contribution in [2.45, 2.75) is 38.5 Å². The van der Waals surface area contributed by atoms with E-state index >= 15 is 0 Å². The van der Waals surface area contributed by atoms with Crippen LogP contribution in [-0.2, 0) is 6.54 Å². The molecule has 0 aromatic heterocycles. The second-order valence-corrected chi connectivity index (χ2v) is 6.55. The van der Waals surface area contributed by atoms with E-state index in [4.69, 9.17) is 4.74 Å². The normalized spacial score (nSPS) is 22.9. The van der Waals surface area contributed by atoms with Gasteiger partial charge in [0.15, 0.2) is 0 Å². The minimum atomic E-state index is -0.509. The van der Waals surface area contributed by atoms with Gasteiger partial charge in [-0.15, -0.1) is 0 Å². The third-order valence-electron chi connectivity index (χ3n) is 3.16. The summed E-state index contributed by atoms with van der Waals surface area (Å²) in [5.74, 6) is 2.82. The maximum atomic E-state index is 10.2. The molecule has 1 aliphatic rings. The average Bonchev–Trinajstić information content (AvgIpc) is 2.78. The van der Waals surface area contributed by atoms with Crippen LogP contribution in [0.15, 0.2) is 24.3 Å². The molecular formula is C15H23NO2S. The van der Waals surface area contributed by atoms with E-state index in [0.29, 0.717) is 6.54 Å². The molecule has 1 aromatic rings. The summed E-state index contributed by atoms with van der Waals surface area (Å²) in [6.07, 6.45) is 1.10. The molecule has 0 saturated carbocycles. The summed E-state index contributed by atoms with van der Waals surface area (Å²) in [4.78, 5) is 0. The average molecular weight is 281 g/mol. The molecule has 0 aliphatic carbocycles. The van der Waals surface area contributed by atoms with E-state index in [-0.39, 0.29) is 6.10 Å². The lowest BCUT2D eigenvalue weighted by molar-refractivity contribution is 0.0674. The Kier molecular flexibility index (Phi) is 5.13. The summed E-state index contributed by atoms with van der Waals surface area (Å²) in [6, 6.07) is 8.13. The predicted molar refractivity (Wildman–Crippen MR) is 80.8 cm³/mol. The molecule has 0 bridgehead atoms. The smallest absolute Gasteiger partial charge is 0.119 e. The molecule has 1 saturated heterocycles. The van der Waals surface area contributed by atoms with Crippen molar-refractivity contribution in [1.29, 1.82) is 0 Å². The molecule has 1 unspecified atom stereocenters. The lowest BCUT2D eigenvalue weighted by atomic mass is 10.0. The van der Waals surface area contributed by atoms with Crippen LogP contribution < -0.4 is 10.1 Å². The van der Waals surface area contributed by atoms with Gasteiger partial charge < -0.3 is 15.2 Å². The first kappa shape index (κ1) is 14.7. The van der Waals surface area contributed by atoms with Crippen LogP contribution in [-0.4, -0.2) is 34.9 Å². The molecule has 2 N–H and O–H groups in total. The van der Waals surface area contributed by atoms with Gasteiger partial charge >= 0.3 is 0 Å². The van der Waals surface area contributed by atoms with E-state index < -0.39 is 5.60 Å². The Labute approximate surface area is 119 Å². The number of hydrogen-bond donors (Lipinski definition) is 2. The van der Waals surface area contributed by atoms with Gasteiger partial charge in [0.25, 0.3) is 0 Å². The van der Waals surface area contributed by atoms with Crippen LogP contribution in [0.1, 0.15) is 25.8 Å². The minimum absolute atomic E-state index is 0.207. The maximum absolute atomic E-state index is 10.2. The highest BCUT2D eigenvalue weighted by Gasteiger charge is 2.30. The Morgan fingerprint density at radius 3 is 2.68 bits per heavy atom. The number of hydrogen-bond acceptors (Lipinski definition) is 4. The van der Waals surface area contributed by atoms with Gasteiger partial charge in [-0.3, -0.25) is 0 Å². The quantitative estimate of drug-likeness (QED) is 0.840. The molecule has 1 atom stereocenters. The maximum Gasteiger partial charge on any atom is 0.119 e. The van der Waals surface area contributed by atoms with Gasteiger partial charge in [-0.2, -0.15) is 11.8 Å². The van der Waals surface area contributed by atoms with Gasteiger partial charge in [0, 0.05) is 18.8 Å². The molecule has 2 rings (SSSR count). The number of rotatable bonds is 6. The monoisotopic (exact) mass is 281 g/mol. The van der Waals surface area contributed by atoms with Crippen LogP contribution >= 0.6 is 11.8 Å². The van der Waals surface area contributed by atoms with Crippen LogP contribution in [0.2, 0.25) is 0 Å². The topological polar surface area (TPSA) is 41.5 Å². The molecule has 0 amide bonds. The van der Waals surface area contributed by atoms with Crippen LogP contribution in [0.25, 0.3) is 0 Å². The molecule has 106 valence electrons. The fourth-order valence-corrected chi connectivity index (χ4v) is 3.43. The van der Waals surface area contributed by atoms with Crippen molar-refractivity contribution in [2.75, 3.05) is 18.1 Å².